The maximum Gasteiger partial charge on any atom is 0.262 e. The number of nitrogens with one attached hydrogen (secondary N) is 1. The van der Waals surface area contributed by atoms with Gasteiger partial charge in [0.05, 0.1) is 18.5 Å². The molecule has 3 rings (SSSR count). The van der Waals surface area contributed by atoms with Crippen molar-refractivity contribution in [1.82, 2.24) is 19.7 Å². The molecule has 0 saturated carbocycles. The third kappa shape index (κ3) is 5.43. The molecular formula is C23H24ClN5O2. The molecule has 2 aromatic heterocycles. The van der Waals surface area contributed by atoms with Gasteiger partial charge in [-0.05, 0) is 55.8 Å². The Kier molecular flexibility index (Phi) is 7.29. The number of benzene rings is 1. The summed E-state index contributed by atoms with van der Waals surface area (Å²) in [5.74, 6) is -0.427. The van der Waals surface area contributed by atoms with Crippen LogP contribution in [0.2, 0.25) is 5.02 Å². The lowest BCUT2D eigenvalue weighted by molar-refractivity contribution is -0.117. The normalized spacial score (nSPS) is 11.4. The lowest BCUT2D eigenvalue weighted by atomic mass is 10.1. The third-order valence-electron chi connectivity index (χ3n) is 4.98. The van der Waals surface area contributed by atoms with Gasteiger partial charge in [0.15, 0.2) is 0 Å². The molecule has 0 aliphatic heterocycles. The van der Waals surface area contributed by atoms with Crippen molar-refractivity contribution in [2.75, 3.05) is 13.7 Å². The zero-order chi connectivity index (χ0) is 22.4. The van der Waals surface area contributed by atoms with E-state index in [1.807, 2.05) is 44.3 Å². The van der Waals surface area contributed by atoms with E-state index in [-0.39, 0.29) is 12.1 Å². The minimum Gasteiger partial charge on any atom is -0.383 e. The van der Waals surface area contributed by atoms with Gasteiger partial charge in [-0.2, -0.15) is 10.4 Å². The molecule has 0 aliphatic rings. The number of halogens is 1. The van der Waals surface area contributed by atoms with Crippen LogP contribution in [0, 0.1) is 25.2 Å². The first-order chi connectivity index (χ1) is 14.9. The van der Waals surface area contributed by atoms with Crippen LogP contribution in [0.1, 0.15) is 22.5 Å². The molecule has 31 heavy (non-hydrogen) atoms. The van der Waals surface area contributed by atoms with Gasteiger partial charge < -0.3 is 14.6 Å². The summed E-state index contributed by atoms with van der Waals surface area (Å²) in [6.45, 7) is 5.53. The van der Waals surface area contributed by atoms with Crippen LogP contribution >= 0.6 is 11.6 Å². The summed E-state index contributed by atoms with van der Waals surface area (Å²) in [7, 11) is 1.66. The van der Waals surface area contributed by atoms with Crippen molar-refractivity contribution in [3.8, 4) is 11.8 Å². The van der Waals surface area contributed by atoms with Gasteiger partial charge in [0.1, 0.15) is 11.6 Å². The zero-order valence-corrected chi connectivity index (χ0v) is 18.5. The van der Waals surface area contributed by atoms with Gasteiger partial charge in [0, 0.05) is 48.4 Å². The maximum atomic E-state index is 12.6. The van der Waals surface area contributed by atoms with Crippen LogP contribution in [-0.2, 0) is 22.6 Å². The zero-order valence-electron chi connectivity index (χ0n) is 17.7. The highest BCUT2D eigenvalue weighted by molar-refractivity contribution is 6.30. The summed E-state index contributed by atoms with van der Waals surface area (Å²) in [6.07, 6.45) is 5.12. The van der Waals surface area contributed by atoms with E-state index in [1.165, 1.54) is 0 Å². The highest BCUT2D eigenvalue weighted by Gasteiger charge is 2.13. The van der Waals surface area contributed by atoms with E-state index in [1.54, 1.807) is 36.2 Å². The van der Waals surface area contributed by atoms with Crippen molar-refractivity contribution in [3.05, 3.63) is 75.8 Å². The molecule has 0 aliphatic carbocycles. The van der Waals surface area contributed by atoms with Gasteiger partial charge in [0.25, 0.3) is 5.91 Å². The Morgan fingerprint density at radius 1 is 1.32 bits per heavy atom. The summed E-state index contributed by atoms with van der Waals surface area (Å²) in [6, 6.07) is 11.3. The van der Waals surface area contributed by atoms with Crippen LogP contribution in [0.4, 0.5) is 0 Å². The standard InChI is InChI=1S/C23H24ClN5O2/c1-16-10-19(17(2)28(16)8-9-31-3)11-20(12-25)23(30)26-13-18-14-27-29(15-18)22-6-4-21(24)5-7-22/h4-7,10-11,14-15H,8-9,13H2,1-3H3,(H,26,30)/b20-11-. The Hall–Kier alpha value is -3.34. The molecular weight excluding hydrogens is 414 g/mol. The molecule has 0 bridgehead atoms. The SMILES string of the molecule is COCCn1c(C)cc(/C=C(/C#N)C(=O)NCc2cnn(-c3ccc(Cl)cc3)c2)c1C. The number of nitriles is 1. The molecule has 0 unspecified atom stereocenters. The van der Waals surface area contributed by atoms with Crippen molar-refractivity contribution in [3.63, 3.8) is 0 Å². The van der Waals surface area contributed by atoms with E-state index in [0.29, 0.717) is 18.2 Å². The van der Waals surface area contributed by atoms with Crippen molar-refractivity contribution >= 4 is 23.6 Å². The van der Waals surface area contributed by atoms with E-state index in [4.69, 9.17) is 16.3 Å². The average molecular weight is 438 g/mol. The monoisotopic (exact) mass is 437 g/mol. The predicted molar refractivity (Wildman–Crippen MR) is 120 cm³/mol. The topological polar surface area (TPSA) is 84.9 Å². The molecule has 1 aromatic carbocycles. The summed E-state index contributed by atoms with van der Waals surface area (Å²) >= 11 is 5.92. The molecule has 1 N–H and O–H groups in total. The molecule has 3 aromatic rings. The van der Waals surface area contributed by atoms with E-state index in [2.05, 4.69) is 15.0 Å². The number of hydrogen-bond donors (Lipinski definition) is 1. The Morgan fingerprint density at radius 3 is 2.74 bits per heavy atom. The molecule has 8 heteroatoms. The first-order valence-corrected chi connectivity index (χ1v) is 10.2. The van der Waals surface area contributed by atoms with Crippen LogP contribution in [0.15, 0.2) is 48.3 Å². The average Bonchev–Trinajstić information content (AvgIpc) is 3.34. The third-order valence-corrected chi connectivity index (χ3v) is 5.23. The summed E-state index contributed by atoms with van der Waals surface area (Å²) in [4.78, 5) is 12.6. The largest absolute Gasteiger partial charge is 0.383 e. The second kappa shape index (κ2) is 10.1. The predicted octanol–water partition coefficient (Wildman–Crippen LogP) is 3.81. The fourth-order valence-electron chi connectivity index (χ4n) is 3.27. The van der Waals surface area contributed by atoms with Crippen LogP contribution in [0.25, 0.3) is 11.8 Å². The van der Waals surface area contributed by atoms with E-state index < -0.39 is 5.91 Å². The number of carbonyl (C=O) groups is 1. The Morgan fingerprint density at radius 2 is 2.06 bits per heavy atom. The van der Waals surface area contributed by atoms with Gasteiger partial charge >= 0.3 is 0 Å². The molecule has 0 fully saturated rings. The number of nitrogens with zero attached hydrogens (tertiary/aromatic N) is 4. The quantitative estimate of drug-likeness (QED) is 0.429. The fraction of sp³-hybridized carbons (Fsp3) is 0.261. The Labute approximate surface area is 186 Å². The molecule has 160 valence electrons. The minimum atomic E-state index is -0.427. The summed E-state index contributed by atoms with van der Waals surface area (Å²) in [5.41, 5.74) is 4.61. The second-order valence-electron chi connectivity index (χ2n) is 7.09. The molecule has 0 atom stereocenters. The summed E-state index contributed by atoms with van der Waals surface area (Å²) < 4.78 is 8.96. The van der Waals surface area contributed by atoms with Gasteiger partial charge in [0.2, 0.25) is 0 Å². The number of carbonyl (C=O) groups excluding carboxylic acids is 1. The van der Waals surface area contributed by atoms with Gasteiger partial charge in [-0.3, -0.25) is 4.79 Å². The highest BCUT2D eigenvalue weighted by Crippen LogP contribution is 2.18. The van der Waals surface area contributed by atoms with Crippen molar-refractivity contribution in [2.24, 2.45) is 0 Å². The smallest absolute Gasteiger partial charge is 0.262 e. The highest BCUT2D eigenvalue weighted by atomic mass is 35.5. The fourth-order valence-corrected chi connectivity index (χ4v) is 3.39. The lowest BCUT2D eigenvalue weighted by Gasteiger charge is -2.08. The van der Waals surface area contributed by atoms with Crippen LogP contribution in [-0.4, -0.2) is 34.0 Å². The molecule has 0 radical (unpaired) electrons. The molecule has 0 spiro atoms. The lowest BCUT2D eigenvalue weighted by Crippen LogP contribution is -2.23. The first kappa shape index (κ1) is 22.3. The van der Waals surface area contributed by atoms with E-state index >= 15 is 0 Å². The summed E-state index contributed by atoms with van der Waals surface area (Å²) in [5, 5.41) is 17.3. The number of amides is 1. The molecule has 0 saturated heterocycles. The van der Waals surface area contributed by atoms with Crippen molar-refractivity contribution in [1.29, 1.82) is 5.26 Å². The van der Waals surface area contributed by atoms with Crippen molar-refractivity contribution < 1.29 is 9.53 Å². The molecule has 7 nitrogen and oxygen atoms in total. The van der Waals surface area contributed by atoms with Gasteiger partial charge in [-0.25, -0.2) is 4.68 Å². The van der Waals surface area contributed by atoms with Crippen molar-refractivity contribution in [2.45, 2.75) is 26.9 Å². The van der Waals surface area contributed by atoms with Crippen LogP contribution < -0.4 is 5.32 Å². The molecule has 1 amide bonds. The number of methoxy groups -OCH3 is 1. The maximum absolute atomic E-state index is 12.6. The number of rotatable bonds is 8. The number of ether oxygens (including phenoxy) is 1. The minimum absolute atomic E-state index is 0.0529. The van der Waals surface area contributed by atoms with Crippen LogP contribution in [0.5, 0.6) is 0 Å². The second-order valence-corrected chi connectivity index (χ2v) is 7.53. The van der Waals surface area contributed by atoms with E-state index in [9.17, 15) is 10.1 Å². The van der Waals surface area contributed by atoms with Gasteiger partial charge in [-0.15, -0.1) is 0 Å². The number of aryl methyl sites for hydroxylation is 1. The molecule has 2 heterocycles. The van der Waals surface area contributed by atoms with Crippen LogP contribution in [0.3, 0.4) is 0 Å². The Balaban J connectivity index is 1.68. The van der Waals surface area contributed by atoms with Gasteiger partial charge in [-0.1, -0.05) is 11.6 Å². The number of aromatic nitrogens is 3. The van der Waals surface area contributed by atoms with E-state index in [0.717, 1.165) is 28.2 Å². The number of hydrogen-bond acceptors (Lipinski definition) is 4. The Bertz CT molecular complexity index is 1140. The first-order valence-electron chi connectivity index (χ1n) is 9.78.